The molecule has 0 saturated heterocycles. The maximum Gasteiger partial charge on any atom is 0.254 e. The number of carbonyl (C=O) groups is 2. The summed E-state index contributed by atoms with van der Waals surface area (Å²) >= 11 is 3.38. The highest BCUT2D eigenvalue weighted by Gasteiger charge is 2.42. The maximum atomic E-state index is 13.8. The van der Waals surface area contributed by atoms with Gasteiger partial charge in [-0.1, -0.05) is 30.3 Å². The van der Waals surface area contributed by atoms with E-state index in [1.807, 2.05) is 37.4 Å². The molecule has 3 aromatic rings. The first-order valence-corrected chi connectivity index (χ1v) is 13.6. The van der Waals surface area contributed by atoms with Crippen molar-refractivity contribution < 1.29 is 9.59 Å². The van der Waals surface area contributed by atoms with Gasteiger partial charge in [0.2, 0.25) is 0 Å². The second-order valence-electron chi connectivity index (χ2n) is 8.93. The molecule has 1 aliphatic heterocycles. The van der Waals surface area contributed by atoms with Crippen LogP contribution in [0.15, 0.2) is 87.7 Å². The zero-order valence-corrected chi connectivity index (χ0v) is 21.6. The van der Waals surface area contributed by atoms with E-state index in [9.17, 15) is 9.59 Å². The van der Waals surface area contributed by atoms with Crippen LogP contribution in [0.2, 0.25) is 0 Å². The predicted octanol–water partition coefficient (Wildman–Crippen LogP) is 6.17. The van der Waals surface area contributed by atoms with Gasteiger partial charge in [-0.15, -0.1) is 23.1 Å². The van der Waals surface area contributed by atoms with Gasteiger partial charge in [0.15, 0.2) is 5.78 Å². The van der Waals surface area contributed by atoms with Crippen molar-refractivity contribution in [3.8, 4) is 0 Å². The summed E-state index contributed by atoms with van der Waals surface area (Å²) in [7, 11) is 0. The third kappa shape index (κ3) is 4.58. The topological polar surface area (TPSA) is 71.1 Å². The van der Waals surface area contributed by atoms with Gasteiger partial charge in [-0.3, -0.25) is 14.6 Å². The molecule has 0 unspecified atom stereocenters. The van der Waals surface area contributed by atoms with Crippen LogP contribution in [0.1, 0.15) is 47.6 Å². The number of allylic oxidation sites excluding steroid dienone is 3. The fourth-order valence-electron chi connectivity index (χ4n) is 5.12. The molecule has 5 rings (SSSR count). The van der Waals surface area contributed by atoms with Gasteiger partial charge >= 0.3 is 0 Å². The lowest BCUT2D eigenvalue weighted by Gasteiger charge is -2.37. The molecule has 0 radical (unpaired) electrons. The molecule has 5 nitrogen and oxygen atoms in total. The number of dihydropyridines is 1. The van der Waals surface area contributed by atoms with Crippen LogP contribution in [-0.4, -0.2) is 22.9 Å². The number of hydrogen-bond donors (Lipinski definition) is 2. The number of thiophene rings is 1. The largest absolute Gasteiger partial charge is 0.362 e. The van der Waals surface area contributed by atoms with Crippen LogP contribution in [-0.2, 0) is 9.59 Å². The van der Waals surface area contributed by atoms with E-state index in [0.29, 0.717) is 17.7 Å². The number of amides is 1. The van der Waals surface area contributed by atoms with Crippen LogP contribution in [0.4, 0.5) is 5.69 Å². The van der Waals surface area contributed by atoms with Crippen molar-refractivity contribution in [2.75, 3.05) is 11.6 Å². The summed E-state index contributed by atoms with van der Waals surface area (Å²) in [6.07, 6.45) is 6.53. The number of benzene rings is 1. The SMILES string of the molecule is CSc1sc(C)cc1[C@H]1C(C(=O)Nc2cccnc2)=C(C)NC2=C1C(=O)C[C@H](c1ccccc1)C2. The van der Waals surface area contributed by atoms with E-state index in [0.717, 1.165) is 33.2 Å². The van der Waals surface area contributed by atoms with Crippen LogP contribution in [0.25, 0.3) is 0 Å². The van der Waals surface area contributed by atoms with Crippen molar-refractivity contribution in [2.24, 2.45) is 0 Å². The standard InChI is InChI=1S/C28H27N3O2S2/c1-16-12-21(28(34-3)35-16)25-24(27(33)31-20-10-7-11-29-15-20)17(2)30-22-13-19(14-23(32)26(22)25)18-8-5-4-6-9-18/h4-12,15,19,25,30H,13-14H2,1-3H3,(H,31,33)/t19-,25+/m1/s1. The first-order chi connectivity index (χ1) is 17.0. The minimum atomic E-state index is -0.403. The predicted molar refractivity (Wildman–Crippen MR) is 143 cm³/mol. The molecule has 1 aromatic carbocycles. The zero-order chi connectivity index (χ0) is 24.5. The van der Waals surface area contributed by atoms with E-state index in [4.69, 9.17) is 0 Å². The van der Waals surface area contributed by atoms with E-state index in [1.54, 1.807) is 41.6 Å². The highest BCUT2D eigenvalue weighted by Crippen LogP contribution is 2.49. The number of pyridine rings is 1. The first kappa shape index (κ1) is 23.6. The Kier molecular flexibility index (Phi) is 6.62. The van der Waals surface area contributed by atoms with E-state index in [-0.39, 0.29) is 17.6 Å². The Balaban J connectivity index is 1.60. The average Bonchev–Trinajstić information content (AvgIpc) is 3.24. The summed E-state index contributed by atoms with van der Waals surface area (Å²) in [4.78, 5) is 32.7. The second-order valence-corrected chi connectivity index (χ2v) is 11.3. The van der Waals surface area contributed by atoms with Crippen LogP contribution in [0, 0.1) is 6.92 Å². The summed E-state index contributed by atoms with van der Waals surface area (Å²) in [6.45, 7) is 4.01. The van der Waals surface area contributed by atoms with Crippen LogP contribution in [0.5, 0.6) is 0 Å². The molecule has 0 spiro atoms. The molecule has 0 fully saturated rings. The lowest BCUT2D eigenvalue weighted by Crippen LogP contribution is -2.37. The van der Waals surface area contributed by atoms with Crippen LogP contribution in [0.3, 0.4) is 0 Å². The summed E-state index contributed by atoms with van der Waals surface area (Å²) in [5.41, 5.74) is 5.88. The quantitative estimate of drug-likeness (QED) is 0.409. The number of anilines is 1. The minimum Gasteiger partial charge on any atom is -0.362 e. The second kappa shape index (κ2) is 9.84. The van der Waals surface area contributed by atoms with Gasteiger partial charge in [-0.25, -0.2) is 0 Å². The highest BCUT2D eigenvalue weighted by molar-refractivity contribution is 8.00. The lowest BCUT2D eigenvalue weighted by atomic mass is 9.72. The molecule has 35 heavy (non-hydrogen) atoms. The van der Waals surface area contributed by atoms with Gasteiger partial charge in [-0.2, -0.15) is 0 Å². The van der Waals surface area contributed by atoms with Gasteiger partial charge in [-0.05, 0) is 61.8 Å². The smallest absolute Gasteiger partial charge is 0.254 e. The number of ketones is 1. The summed E-state index contributed by atoms with van der Waals surface area (Å²) in [5, 5.41) is 6.46. The number of aryl methyl sites for hydroxylation is 1. The molecule has 2 aromatic heterocycles. The van der Waals surface area contributed by atoms with Gasteiger partial charge in [0.1, 0.15) is 0 Å². The molecule has 2 atom stereocenters. The molecule has 0 saturated carbocycles. The number of hydrogen-bond acceptors (Lipinski definition) is 6. The third-order valence-electron chi connectivity index (χ3n) is 6.61. The number of aromatic nitrogens is 1. The number of nitrogens with zero attached hydrogens (tertiary/aromatic N) is 1. The van der Waals surface area contributed by atoms with Crippen molar-refractivity contribution in [3.05, 3.63) is 99.5 Å². The maximum absolute atomic E-state index is 13.8. The van der Waals surface area contributed by atoms with Gasteiger partial charge in [0, 0.05) is 46.0 Å². The first-order valence-electron chi connectivity index (χ1n) is 11.6. The molecule has 2 aliphatic rings. The summed E-state index contributed by atoms with van der Waals surface area (Å²) in [6, 6.07) is 16.0. The summed E-state index contributed by atoms with van der Waals surface area (Å²) in [5.74, 6) is -0.390. The minimum absolute atomic E-state index is 0.104. The number of nitrogens with one attached hydrogen (secondary N) is 2. The lowest BCUT2D eigenvalue weighted by molar-refractivity contribution is -0.116. The molecule has 3 heterocycles. The number of thioether (sulfide) groups is 1. The Morgan fingerprint density at radius 2 is 1.94 bits per heavy atom. The van der Waals surface area contributed by atoms with Crippen LogP contribution < -0.4 is 10.6 Å². The molecule has 1 aliphatic carbocycles. The molecular weight excluding hydrogens is 474 g/mol. The Morgan fingerprint density at radius 3 is 2.66 bits per heavy atom. The number of carbonyl (C=O) groups excluding carboxylic acids is 2. The number of rotatable bonds is 5. The fourth-order valence-corrected chi connectivity index (χ4v) is 7.03. The molecule has 7 heteroatoms. The van der Waals surface area contributed by atoms with Crippen molar-refractivity contribution >= 4 is 40.5 Å². The molecule has 2 N–H and O–H groups in total. The third-order valence-corrected chi connectivity index (χ3v) is 8.82. The van der Waals surface area contributed by atoms with Gasteiger partial charge < -0.3 is 10.6 Å². The Bertz CT molecular complexity index is 1340. The molecule has 1 amide bonds. The van der Waals surface area contributed by atoms with E-state index in [1.165, 1.54) is 10.4 Å². The van der Waals surface area contributed by atoms with E-state index in [2.05, 4.69) is 40.7 Å². The van der Waals surface area contributed by atoms with E-state index < -0.39 is 5.92 Å². The van der Waals surface area contributed by atoms with Crippen molar-refractivity contribution in [3.63, 3.8) is 0 Å². The van der Waals surface area contributed by atoms with Crippen molar-refractivity contribution in [1.29, 1.82) is 0 Å². The Labute approximate surface area is 213 Å². The van der Waals surface area contributed by atoms with Crippen molar-refractivity contribution in [1.82, 2.24) is 10.3 Å². The highest BCUT2D eigenvalue weighted by atomic mass is 32.2. The van der Waals surface area contributed by atoms with Gasteiger partial charge in [0.25, 0.3) is 5.91 Å². The Hall–Kier alpha value is -3.16. The number of Topliss-reactive ketones (excluding diaryl/α,β-unsaturated/α-hetero) is 1. The van der Waals surface area contributed by atoms with Crippen LogP contribution >= 0.6 is 23.1 Å². The normalized spacial score (nSPS) is 19.9. The van der Waals surface area contributed by atoms with Gasteiger partial charge in [0.05, 0.1) is 16.1 Å². The molecular formula is C28H27N3O2S2. The fraction of sp³-hybridized carbons (Fsp3) is 0.250. The monoisotopic (exact) mass is 501 g/mol. The van der Waals surface area contributed by atoms with E-state index >= 15 is 0 Å². The molecule has 178 valence electrons. The summed E-state index contributed by atoms with van der Waals surface area (Å²) < 4.78 is 1.14. The zero-order valence-electron chi connectivity index (χ0n) is 19.9. The Morgan fingerprint density at radius 1 is 1.14 bits per heavy atom. The average molecular weight is 502 g/mol. The van der Waals surface area contributed by atoms with Crippen molar-refractivity contribution in [2.45, 2.75) is 42.7 Å². The molecule has 0 bridgehead atoms.